The quantitative estimate of drug-likeness (QED) is 0.0169. The number of benzene rings is 5. The first-order valence-corrected chi connectivity index (χ1v) is 22.4. The molecule has 1 unspecified atom stereocenters. The number of ether oxygens (including phenoxy) is 4. The van der Waals surface area contributed by atoms with Crippen LogP contribution in [0, 0.1) is 31.9 Å². The molecule has 4 amide bonds. The van der Waals surface area contributed by atoms with Gasteiger partial charge in [0.2, 0.25) is 0 Å². The Hall–Kier alpha value is -8.91. The maximum Gasteiger partial charge on any atom is 0.412 e. The first kappa shape index (κ1) is 50.0. The van der Waals surface area contributed by atoms with Crippen LogP contribution in [0.25, 0.3) is 0 Å². The van der Waals surface area contributed by atoms with Crippen molar-refractivity contribution in [3.63, 3.8) is 0 Å². The van der Waals surface area contributed by atoms with Crippen LogP contribution in [0.2, 0.25) is 0 Å². The number of nitro benzene ring substituents is 2. The third-order valence-corrected chi connectivity index (χ3v) is 11.6. The van der Waals surface area contributed by atoms with Crippen LogP contribution in [0.15, 0.2) is 78.9 Å². The van der Waals surface area contributed by atoms with Crippen LogP contribution in [0.3, 0.4) is 0 Å². The zero-order valence-corrected chi connectivity index (χ0v) is 37.6. The summed E-state index contributed by atoms with van der Waals surface area (Å²) in [6.07, 6.45) is -2.13. The highest BCUT2D eigenvalue weighted by Gasteiger charge is 2.54. The summed E-state index contributed by atoms with van der Waals surface area (Å²) in [5.74, 6) is -6.81. The number of anilines is 2. The van der Waals surface area contributed by atoms with Crippen molar-refractivity contribution in [2.24, 2.45) is 0 Å². The van der Waals surface area contributed by atoms with E-state index in [1.807, 2.05) is 6.92 Å². The molecule has 2 heterocycles. The Labute approximate surface area is 398 Å². The van der Waals surface area contributed by atoms with Crippen LogP contribution >= 0.6 is 0 Å². The van der Waals surface area contributed by atoms with Gasteiger partial charge in [-0.25, -0.2) is 23.2 Å². The Morgan fingerprint density at radius 2 is 1.18 bits per heavy atom. The molecule has 2 aliphatic heterocycles. The monoisotopic (exact) mass is 1000 g/mol. The number of fused-ring (bicyclic) bond motifs is 6. The van der Waals surface area contributed by atoms with Crippen LogP contribution < -0.4 is 26.0 Å². The number of rotatable bonds is 16. The molecule has 0 aromatic heterocycles. The van der Waals surface area contributed by atoms with E-state index in [1.165, 1.54) is 31.2 Å². The van der Waals surface area contributed by atoms with E-state index in [9.17, 15) is 57.4 Å². The Morgan fingerprint density at radius 1 is 0.704 bits per heavy atom. The van der Waals surface area contributed by atoms with Gasteiger partial charge in [-0.2, -0.15) is 8.42 Å². The molecule has 5 aromatic rings. The van der Waals surface area contributed by atoms with Crippen LogP contribution in [-0.4, -0.2) is 77.4 Å². The molecule has 5 aromatic carbocycles. The molecule has 5 N–H and O–H groups in total. The average Bonchev–Trinajstić information content (AvgIpc) is 3.61. The highest BCUT2D eigenvalue weighted by atomic mass is 32.2. The van der Waals surface area contributed by atoms with Crippen molar-refractivity contribution in [1.29, 1.82) is 0 Å². The van der Waals surface area contributed by atoms with Gasteiger partial charge in [-0.1, -0.05) is 13.0 Å². The van der Waals surface area contributed by atoms with Crippen LogP contribution in [0.1, 0.15) is 89.5 Å². The number of nitro groups is 2. The summed E-state index contributed by atoms with van der Waals surface area (Å²) in [6.45, 7) is 1.22. The van der Waals surface area contributed by atoms with Crippen molar-refractivity contribution < 1.29 is 79.3 Å². The molecule has 71 heavy (non-hydrogen) atoms. The van der Waals surface area contributed by atoms with Gasteiger partial charge in [0.25, 0.3) is 33.3 Å². The fourth-order valence-electron chi connectivity index (χ4n) is 7.52. The van der Waals surface area contributed by atoms with Gasteiger partial charge in [-0.05, 0) is 61.9 Å². The Bertz CT molecular complexity index is 3240. The van der Waals surface area contributed by atoms with Crippen LogP contribution in [0.5, 0.6) is 11.5 Å². The van der Waals surface area contributed by atoms with Gasteiger partial charge in [0, 0.05) is 59.6 Å². The van der Waals surface area contributed by atoms with Crippen molar-refractivity contribution in [2.75, 3.05) is 29.5 Å². The number of nitrogens with zero attached hydrogens (tertiary/aromatic N) is 2. The Morgan fingerprint density at radius 3 is 1.63 bits per heavy atom. The molecule has 0 radical (unpaired) electrons. The molecule has 0 fully saturated rings. The van der Waals surface area contributed by atoms with Gasteiger partial charge >= 0.3 is 18.2 Å². The number of ketones is 1. The molecular formula is C45H36F2N6O17S. The number of carbonyl (C=O) groups excluding carboxylic acids is 6. The molecule has 7 rings (SSSR count). The SMILES string of the molecule is CCCNC(=O)c1ccc([N+](=O)[O-])c(COC(=O)Nc2cc3c(cc2F)C2(OC(=O)c4ccc(C(C)=O)cc42)c2cc(F)c(NC(=O)OCc4cc(C(=O)NCCS(=O)(=O)O)ccc4[N+](=O)[O-])cc2O3)c1. The summed E-state index contributed by atoms with van der Waals surface area (Å²) in [7, 11) is -4.43. The Balaban J connectivity index is 1.18. The van der Waals surface area contributed by atoms with E-state index in [1.54, 1.807) is 0 Å². The highest BCUT2D eigenvalue weighted by molar-refractivity contribution is 7.85. The second-order valence-corrected chi connectivity index (χ2v) is 17.1. The maximum atomic E-state index is 16.2. The highest BCUT2D eigenvalue weighted by Crippen LogP contribution is 2.57. The summed E-state index contributed by atoms with van der Waals surface area (Å²) < 4.78 is 85.8. The largest absolute Gasteiger partial charge is 0.456 e. The minimum absolute atomic E-state index is 0.0335. The van der Waals surface area contributed by atoms with Gasteiger partial charge < -0.3 is 29.6 Å². The summed E-state index contributed by atoms with van der Waals surface area (Å²) in [6, 6.07) is 13.7. The molecule has 1 spiro atoms. The number of nitrogens with one attached hydrogen (secondary N) is 4. The van der Waals surface area contributed by atoms with Crippen molar-refractivity contribution in [1.82, 2.24) is 10.6 Å². The molecule has 26 heteroatoms. The average molecular weight is 1000 g/mol. The molecule has 0 saturated heterocycles. The minimum Gasteiger partial charge on any atom is -0.456 e. The van der Waals surface area contributed by atoms with E-state index >= 15 is 8.78 Å². The zero-order chi connectivity index (χ0) is 51.5. The molecular weight excluding hydrogens is 967 g/mol. The van der Waals surface area contributed by atoms with E-state index in [4.69, 9.17) is 23.5 Å². The minimum atomic E-state index is -4.43. The first-order valence-electron chi connectivity index (χ1n) is 20.8. The lowest BCUT2D eigenvalue weighted by Crippen LogP contribution is -2.34. The lowest BCUT2D eigenvalue weighted by molar-refractivity contribution is -0.386. The second kappa shape index (κ2) is 20.0. The third-order valence-electron chi connectivity index (χ3n) is 10.8. The fraction of sp³-hybridized carbons (Fsp3) is 0.200. The van der Waals surface area contributed by atoms with E-state index < -0.39 is 121 Å². The number of Topliss-reactive ketones (excluding diaryl/α,β-unsaturated/α-hetero) is 1. The van der Waals surface area contributed by atoms with E-state index in [0.29, 0.717) is 13.0 Å². The number of amides is 4. The summed E-state index contributed by atoms with van der Waals surface area (Å²) >= 11 is 0. The normalized spacial score (nSPS) is 14.1. The molecule has 23 nitrogen and oxygen atoms in total. The van der Waals surface area contributed by atoms with E-state index in [2.05, 4.69) is 21.3 Å². The lowest BCUT2D eigenvalue weighted by atomic mass is 9.77. The van der Waals surface area contributed by atoms with Gasteiger partial charge in [0.15, 0.2) is 11.4 Å². The number of esters is 1. The van der Waals surface area contributed by atoms with Gasteiger partial charge in [-0.3, -0.25) is 49.8 Å². The van der Waals surface area contributed by atoms with E-state index in [-0.39, 0.29) is 61.6 Å². The van der Waals surface area contributed by atoms with Gasteiger partial charge in [0.05, 0.1) is 54.8 Å². The van der Waals surface area contributed by atoms with Crippen molar-refractivity contribution in [2.45, 2.75) is 39.1 Å². The standard InChI is InChI=1S/C45H36F2N6O17S/c1-3-10-48-40(55)24-5-8-36(52(60)61)26(13-24)20-67-43(58)50-34-18-38-30(16-32(34)46)45(29-15-23(22(2)54)4-7-28(29)42(57)70-45)31-17-33(47)35(19-39(31)69-38)51-44(59)68-21-27-14-25(6-9-37(27)53(62)63)41(56)49-11-12-71(64,65)66/h4-9,13-19H,3,10-12,20-21H2,1-2H3,(H,48,55)(H,49,56)(H,50,58)(H,51,59)(H,64,65,66). The number of hydrogen-bond acceptors (Lipinski definition) is 16. The van der Waals surface area contributed by atoms with Crippen molar-refractivity contribution in [3.05, 3.63) is 161 Å². The predicted octanol–water partition coefficient (Wildman–Crippen LogP) is 6.81. The van der Waals surface area contributed by atoms with E-state index in [0.717, 1.165) is 54.6 Å². The predicted molar refractivity (Wildman–Crippen MR) is 240 cm³/mol. The van der Waals surface area contributed by atoms with Crippen molar-refractivity contribution in [3.8, 4) is 11.5 Å². The second-order valence-electron chi connectivity index (χ2n) is 15.5. The molecule has 368 valence electrons. The Kier molecular flexibility index (Phi) is 14.1. The topological polar surface area (TPSA) is 328 Å². The van der Waals surface area contributed by atoms with Gasteiger partial charge in [0.1, 0.15) is 36.3 Å². The first-order chi connectivity index (χ1) is 33.6. The maximum absolute atomic E-state index is 16.2. The molecule has 0 aliphatic carbocycles. The molecule has 0 saturated carbocycles. The van der Waals surface area contributed by atoms with Gasteiger partial charge in [-0.15, -0.1) is 0 Å². The molecule has 0 bridgehead atoms. The zero-order valence-electron chi connectivity index (χ0n) is 36.8. The summed E-state index contributed by atoms with van der Waals surface area (Å²) in [4.78, 5) is 99.5. The summed E-state index contributed by atoms with van der Waals surface area (Å²) in [5.41, 5.74) is -5.95. The van der Waals surface area contributed by atoms with Crippen LogP contribution in [-0.2, 0) is 43.1 Å². The van der Waals surface area contributed by atoms with Crippen molar-refractivity contribution >= 4 is 68.6 Å². The smallest absolute Gasteiger partial charge is 0.412 e. The molecule has 2 aliphatic rings. The number of carbonyl (C=O) groups is 6. The number of hydrogen-bond donors (Lipinski definition) is 5. The lowest BCUT2D eigenvalue weighted by Gasteiger charge is -2.37. The summed E-state index contributed by atoms with van der Waals surface area (Å²) in [5, 5.41) is 32.6. The third kappa shape index (κ3) is 10.6. The molecule has 1 atom stereocenters. The van der Waals surface area contributed by atoms with Crippen LogP contribution in [0.4, 0.5) is 41.1 Å². The fourth-order valence-corrected chi connectivity index (χ4v) is 7.88. The number of halogens is 2.